The summed E-state index contributed by atoms with van der Waals surface area (Å²) in [4.78, 5) is 12.8. The van der Waals surface area contributed by atoms with Crippen LogP contribution in [0.1, 0.15) is 5.56 Å². The van der Waals surface area contributed by atoms with Crippen LogP contribution in [-0.4, -0.2) is 20.0 Å². The van der Waals surface area contributed by atoms with Crippen LogP contribution in [0.5, 0.6) is 5.75 Å². The van der Waals surface area contributed by atoms with Crippen LogP contribution in [0.3, 0.4) is 0 Å². The summed E-state index contributed by atoms with van der Waals surface area (Å²) in [7, 11) is 0. The van der Waals surface area contributed by atoms with Crippen molar-refractivity contribution < 1.29 is 4.74 Å². The molecule has 0 atom stereocenters. The minimum atomic E-state index is -0.230. The Kier molecular flexibility index (Phi) is 3.87. The molecule has 0 radical (unpaired) electrons. The van der Waals surface area contributed by atoms with Gasteiger partial charge >= 0.3 is 0 Å². The third-order valence-electron chi connectivity index (χ3n) is 4.64. The highest BCUT2D eigenvalue weighted by Crippen LogP contribution is 2.20. The van der Waals surface area contributed by atoms with Gasteiger partial charge in [0.05, 0.1) is 16.7 Å². The molecule has 0 aliphatic heterocycles. The third-order valence-corrected chi connectivity index (χ3v) is 4.64. The molecular weight excluding hydrogens is 352 g/mol. The molecule has 0 saturated carbocycles. The maximum atomic E-state index is 12.8. The van der Waals surface area contributed by atoms with E-state index in [-0.39, 0.29) is 5.56 Å². The number of benzene rings is 3. The number of hydrogen-bond acceptors (Lipinski definition) is 4. The lowest BCUT2D eigenvalue weighted by Crippen LogP contribution is -2.14. The van der Waals surface area contributed by atoms with E-state index in [1.165, 1.54) is 4.68 Å². The number of aromatic nitrogens is 4. The number of hydrogen-bond donors (Lipinski definition) is 1. The minimum Gasteiger partial charge on any atom is -0.489 e. The van der Waals surface area contributed by atoms with E-state index in [9.17, 15) is 4.79 Å². The lowest BCUT2D eigenvalue weighted by Gasteiger charge is -2.07. The van der Waals surface area contributed by atoms with Crippen LogP contribution in [0.4, 0.5) is 0 Å². The topological polar surface area (TPSA) is 72.8 Å². The fraction of sp³-hybridized carbons (Fsp3) is 0.0455. The molecule has 0 bridgehead atoms. The van der Waals surface area contributed by atoms with Gasteiger partial charge in [0.1, 0.15) is 12.4 Å². The molecule has 1 N–H and O–H groups in total. The highest BCUT2D eigenvalue weighted by Gasteiger charge is 2.13. The van der Waals surface area contributed by atoms with Crippen molar-refractivity contribution in [1.82, 2.24) is 20.0 Å². The van der Waals surface area contributed by atoms with Crippen molar-refractivity contribution in [3.8, 4) is 11.4 Å². The van der Waals surface area contributed by atoms with Crippen LogP contribution in [-0.2, 0) is 6.61 Å². The fourth-order valence-corrected chi connectivity index (χ4v) is 3.20. The molecule has 136 valence electrons. The summed E-state index contributed by atoms with van der Waals surface area (Å²) in [5, 5.41) is 12.3. The zero-order chi connectivity index (χ0) is 18.9. The summed E-state index contributed by atoms with van der Waals surface area (Å²) in [6.45, 7) is 0.494. The Morgan fingerprint density at radius 1 is 0.857 bits per heavy atom. The maximum Gasteiger partial charge on any atom is 0.299 e. The Morgan fingerprint density at radius 2 is 1.61 bits per heavy atom. The minimum absolute atomic E-state index is 0.230. The Bertz CT molecular complexity index is 1320. The quantitative estimate of drug-likeness (QED) is 0.523. The van der Waals surface area contributed by atoms with E-state index in [1.807, 2.05) is 78.9 Å². The van der Waals surface area contributed by atoms with Gasteiger partial charge in [0, 0.05) is 5.39 Å². The highest BCUT2D eigenvalue weighted by molar-refractivity contribution is 6.00. The second-order valence-electron chi connectivity index (χ2n) is 6.46. The lowest BCUT2D eigenvalue weighted by molar-refractivity contribution is 0.306. The molecule has 0 aliphatic rings. The van der Waals surface area contributed by atoms with Crippen LogP contribution in [0, 0.1) is 0 Å². The molecule has 6 nitrogen and oxygen atoms in total. The molecule has 28 heavy (non-hydrogen) atoms. The van der Waals surface area contributed by atoms with Gasteiger partial charge < -0.3 is 4.74 Å². The standard InChI is InChI=1S/C22H16N4O2/c27-22-21-20(18-8-4-5-9-19(18)23-24-21)25-26(22)16-10-12-17(13-11-16)28-14-15-6-2-1-3-7-15/h1-13,25H,14H2. The van der Waals surface area contributed by atoms with Gasteiger partial charge in [-0.25, -0.2) is 4.68 Å². The first-order valence-corrected chi connectivity index (χ1v) is 8.93. The molecule has 0 fully saturated rings. The fourth-order valence-electron chi connectivity index (χ4n) is 3.20. The number of aromatic amines is 1. The van der Waals surface area contributed by atoms with Gasteiger partial charge in [0.2, 0.25) is 0 Å². The van der Waals surface area contributed by atoms with Crippen LogP contribution >= 0.6 is 0 Å². The van der Waals surface area contributed by atoms with Crippen LogP contribution < -0.4 is 10.3 Å². The smallest absolute Gasteiger partial charge is 0.299 e. The molecule has 2 heterocycles. The van der Waals surface area contributed by atoms with E-state index in [0.29, 0.717) is 23.3 Å². The van der Waals surface area contributed by atoms with Crippen molar-refractivity contribution in [2.24, 2.45) is 0 Å². The van der Waals surface area contributed by atoms with E-state index in [0.717, 1.165) is 22.2 Å². The van der Waals surface area contributed by atoms with Crippen molar-refractivity contribution >= 4 is 21.9 Å². The summed E-state index contributed by atoms with van der Waals surface area (Å²) in [6, 6.07) is 25.0. The van der Waals surface area contributed by atoms with Gasteiger partial charge in [-0.05, 0) is 35.9 Å². The summed E-state index contributed by atoms with van der Waals surface area (Å²) >= 11 is 0. The molecule has 0 unspecified atom stereocenters. The summed E-state index contributed by atoms with van der Waals surface area (Å²) in [5.74, 6) is 0.738. The van der Waals surface area contributed by atoms with Gasteiger partial charge in [0.15, 0.2) is 5.52 Å². The van der Waals surface area contributed by atoms with E-state index >= 15 is 0 Å². The Labute approximate surface area is 160 Å². The van der Waals surface area contributed by atoms with Gasteiger partial charge in [0.25, 0.3) is 5.56 Å². The van der Waals surface area contributed by atoms with Crippen molar-refractivity contribution in [3.63, 3.8) is 0 Å². The van der Waals surface area contributed by atoms with E-state index in [4.69, 9.17) is 4.74 Å². The van der Waals surface area contributed by atoms with Crippen LogP contribution in [0.25, 0.3) is 27.6 Å². The molecule has 0 aliphatic carbocycles. The van der Waals surface area contributed by atoms with E-state index in [1.54, 1.807) is 0 Å². The zero-order valence-corrected chi connectivity index (χ0v) is 14.9. The summed E-state index contributed by atoms with van der Waals surface area (Å²) in [6.07, 6.45) is 0. The Hall–Kier alpha value is -3.93. The van der Waals surface area contributed by atoms with Crippen molar-refractivity contribution in [2.45, 2.75) is 6.61 Å². The predicted molar refractivity (Wildman–Crippen MR) is 108 cm³/mol. The first-order valence-electron chi connectivity index (χ1n) is 8.93. The molecule has 6 heteroatoms. The molecular formula is C22H16N4O2. The molecule has 3 aromatic carbocycles. The van der Waals surface area contributed by atoms with Gasteiger partial charge in [-0.15, -0.1) is 10.2 Å². The first-order chi connectivity index (χ1) is 13.8. The Morgan fingerprint density at radius 3 is 2.43 bits per heavy atom. The number of ether oxygens (including phenoxy) is 1. The Balaban J connectivity index is 1.47. The second-order valence-corrected chi connectivity index (χ2v) is 6.46. The predicted octanol–water partition coefficient (Wildman–Crippen LogP) is 3.84. The number of fused-ring (bicyclic) bond motifs is 3. The number of nitrogens with one attached hydrogen (secondary N) is 1. The SMILES string of the molecule is O=c1c2nnc3ccccc3c2[nH]n1-c1ccc(OCc2ccccc2)cc1. The normalized spacial score (nSPS) is 11.1. The molecule has 5 rings (SSSR count). The van der Waals surface area contributed by atoms with Crippen molar-refractivity contribution in [2.75, 3.05) is 0 Å². The molecule has 0 saturated heterocycles. The first kappa shape index (κ1) is 16.3. The van der Waals surface area contributed by atoms with Crippen LogP contribution in [0.15, 0.2) is 83.7 Å². The largest absolute Gasteiger partial charge is 0.489 e. The average molecular weight is 368 g/mol. The summed E-state index contributed by atoms with van der Waals surface area (Å²) in [5.41, 5.74) is 3.32. The second kappa shape index (κ2) is 6.66. The van der Waals surface area contributed by atoms with Crippen molar-refractivity contribution in [1.29, 1.82) is 0 Å². The van der Waals surface area contributed by atoms with Gasteiger partial charge in [-0.3, -0.25) is 9.89 Å². The number of rotatable bonds is 4. The molecule has 5 aromatic rings. The van der Waals surface area contributed by atoms with Gasteiger partial charge in [-0.1, -0.05) is 48.5 Å². The monoisotopic (exact) mass is 368 g/mol. The highest BCUT2D eigenvalue weighted by atomic mass is 16.5. The number of nitrogens with zero attached hydrogens (tertiary/aromatic N) is 3. The lowest BCUT2D eigenvalue weighted by atomic mass is 10.2. The zero-order valence-electron chi connectivity index (χ0n) is 14.9. The molecule has 2 aromatic heterocycles. The molecule has 0 amide bonds. The van der Waals surface area contributed by atoms with E-state index in [2.05, 4.69) is 15.3 Å². The van der Waals surface area contributed by atoms with Gasteiger partial charge in [-0.2, -0.15) is 0 Å². The van der Waals surface area contributed by atoms with E-state index < -0.39 is 0 Å². The van der Waals surface area contributed by atoms with Crippen LogP contribution in [0.2, 0.25) is 0 Å². The van der Waals surface area contributed by atoms with Crippen molar-refractivity contribution in [3.05, 3.63) is 94.8 Å². The third kappa shape index (κ3) is 2.81. The maximum absolute atomic E-state index is 12.8. The number of H-pyrrole nitrogens is 1. The summed E-state index contributed by atoms with van der Waals surface area (Å²) < 4.78 is 7.29. The molecule has 0 spiro atoms. The average Bonchev–Trinajstić information content (AvgIpc) is 3.10.